The summed E-state index contributed by atoms with van der Waals surface area (Å²) in [6, 6.07) is 13.2. The Hall–Kier alpha value is -1.91. The van der Waals surface area contributed by atoms with E-state index in [-0.39, 0.29) is 18.5 Å². The van der Waals surface area contributed by atoms with Crippen molar-refractivity contribution in [3.8, 4) is 0 Å². The van der Waals surface area contributed by atoms with Gasteiger partial charge >= 0.3 is 0 Å². The molecule has 3 N–H and O–H groups in total. The monoisotopic (exact) mass is 328 g/mol. The zero-order valence-corrected chi connectivity index (χ0v) is 13.9. The van der Waals surface area contributed by atoms with E-state index in [2.05, 4.69) is 17.0 Å². The van der Waals surface area contributed by atoms with Crippen molar-refractivity contribution in [1.29, 1.82) is 0 Å². The van der Waals surface area contributed by atoms with E-state index in [0.29, 0.717) is 6.54 Å². The molecule has 0 spiro atoms. The lowest BCUT2D eigenvalue weighted by atomic mass is 10.0. The predicted molar refractivity (Wildman–Crippen MR) is 96.2 cm³/mol. The van der Waals surface area contributed by atoms with Gasteiger partial charge in [-0.05, 0) is 67.6 Å². The minimum absolute atomic E-state index is 0.0278. The van der Waals surface area contributed by atoms with Crippen molar-refractivity contribution in [2.75, 3.05) is 18.1 Å². The summed E-state index contributed by atoms with van der Waals surface area (Å²) in [4.78, 5) is 2.20. The highest BCUT2D eigenvalue weighted by atomic mass is 19.1. The fourth-order valence-corrected chi connectivity index (χ4v) is 3.57. The van der Waals surface area contributed by atoms with Gasteiger partial charge in [0.05, 0.1) is 12.6 Å². The average Bonchev–Trinajstić information content (AvgIpc) is 2.76. The Morgan fingerprint density at radius 1 is 1.04 bits per heavy atom. The topological polar surface area (TPSA) is 49.5 Å². The maximum absolute atomic E-state index is 13.7. The first-order valence-corrected chi connectivity index (χ1v) is 8.71. The largest absolute Gasteiger partial charge is 0.394 e. The molecule has 0 radical (unpaired) electrons. The molecule has 1 atom stereocenters. The highest BCUT2D eigenvalue weighted by Crippen LogP contribution is 2.38. The van der Waals surface area contributed by atoms with E-state index in [1.54, 1.807) is 6.07 Å². The van der Waals surface area contributed by atoms with Gasteiger partial charge in [-0.15, -0.1) is 0 Å². The molecule has 2 aromatic carbocycles. The van der Waals surface area contributed by atoms with Crippen LogP contribution in [0.4, 0.5) is 15.8 Å². The molecule has 0 saturated carbocycles. The van der Waals surface area contributed by atoms with Crippen molar-refractivity contribution in [3.63, 3.8) is 0 Å². The average molecular weight is 328 g/mol. The quantitative estimate of drug-likeness (QED) is 0.797. The molecule has 0 fully saturated rings. The number of anilines is 2. The Balaban J connectivity index is 2.04. The fourth-order valence-electron chi connectivity index (χ4n) is 3.57. The van der Waals surface area contributed by atoms with Gasteiger partial charge in [0, 0.05) is 11.4 Å². The van der Waals surface area contributed by atoms with Crippen LogP contribution in [0.1, 0.15) is 30.4 Å². The number of aryl methyl sites for hydroxylation is 2. The summed E-state index contributed by atoms with van der Waals surface area (Å²) in [6.07, 6.45) is 4.46. The molecule has 3 rings (SSSR count). The van der Waals surface area contributed by atoms with E-state index >= 15 is 0 Å². The van der Waals surface area contributed by atoms with E-state index in [0.717, 1.165) is 49.0 Å². The van der Waals surface area contributed by atoms with Crippen LogP contribution in [0.5, 0.6) is 0 Å². The van der Waals surface area contributed by atoms with Crippen LogP contribution in [0.2, 0.25) is 0 Å². The van der Waals surface area contributed by atoms with E-state index in [1.165, 1.54) is 11.6 Å². The highest BCUT2D eigenvalue weighted by molar-refractivity contribution is 5.72. The van der Waals surface area contributed by atoms with Gasteiger partial charge in [0.1, 0.15) is 5.82 Å². The Bertz CT molecular complexity index is 689. The van der Waals surface area contributed by atoms with Gasteiger partial charge in [0.2, 0.25) is 0 Å². The summed E-state index contributed by atoms with van der Waals surface area (Å²) in [5.74, 6) is -0.205. The number of para-hydroxylation sites is 1. The molecular formula is C20H25FN2O. The third-order valence-electron chi connectivity index (χ3n) is 4.78. The smallest absolute Gasteiger partial charge is 0.123 e. The summed E-state index contributed by atoms with van der Waals surface area (Å²) >= 11 is 0. The molecule has 0 aromatic heterocycles. The van der Waals surface area contributed by atoms with Gasteiger partial charge in [-0.3, -0.25) is 0 Å². The number of nitrogens with zero attached hydrogens (tertiary/aromatic N) is 1. The van der Waals surface area contributed by atoms with Gasteiger partial charge in [-0.2, -0.15) is 0 Å². The molecular weight excluding hydrogens is 303 g/mol. The van der Waals surface area contributed by atoms with Crippen LogP contribution < -0.4 is 10.6 Å². The normalized spacial score (nSPS) is 14.7. The number of halogens is 1. The van der Waals surface area contributed by atoms with Crippen LogP contribution in [0.15, 0.2) is 42.5 Å². The first-order chi connectivity index (χ1) is 11.7. The number of nitrogens with two attached hydrogens (primary N) is 1. The summed E-state index contributed by atoms with van der Waals surface area (Å²) < 4.78 is 13.7. The van der Waals surface area contributed by atoms with Crippen LogP contribution in [-0.4, -0.2) is 24.3 Å². The molecule has 1 heterocycles. The highest BCUT2D eigenvalue weighted by Gasteiger charge is 2.26. The molecule has 1 aliphatic rings. The lowest BCUT2D eigenvalue weighted by Gasteiger charge is -2.34. The third-order valence-corrected chi connectivity index (χ3v) is 4.78. The van der Waals surface area contributed by atoms with Gasteiger partial charge in [0.15, 0.2) is 0 Å². The summed E-state index contributed by atoms with van der Waals surface area (Å²) in [5, 5.41) is 10.0. The number of aliphatic hydroxyl groups is 1. The molecule has 0 amide bonds. The van der Waals surface area contributed by atoms with Crippen LogP contribution >= 0.6 is 0 Å². The van der Waals surface area contributed by atoms with Crippen molar-refractivity contribution >= 4 is 11.4 Å². The second-order valence-corrected chi connectivity index (χ2v) is 6.39. The lowest BCUT2D eigenvalue weighted by Crippen LogP contribution is -2.35. The zero-order chi connectivity index (χ0) is 16.9. The van der Waals surface area contributed by atoms with Crippen molar-refractivity contribution < 1.29 is 9.50 Å². The second-order valence-electron chi connectivity index (χ2n) is 6.39. The Morgan fingerprint density at radius 2 is 1.79 bits per heavy atom. The predicted octanol–water partition coefficient (Wildman–Crippen LogP) is 3.55. The first kappa shape index (κ1) is 16.9. The van der Waals surface area contributed by atoms with Crippen molar-refractivity contribution in [2.24, 2.45) is 5.73 Å². The minimum atomic E-state index is -0.205. The molecule has 1 aliphatic heterocycles. The number of fused-ring (bicyclic) bond motifs is 2. The van der Waals surface area contributed by atoms with E-state index < -0.39 is 0 Å². The van der Waals surface area contributed by atoms with Crippen molar-refractivity contribution in [2.45, 2.75) is 38.1 Å². The van der Waals surface area contributed by atoms with Gasteiger partial charge in [0.25, 0.3) is 0 Å². The van der Waals surface area contributed by atoms with E-state index in [4.69, 9.17) is 5.73 Å². The van der Waals surface area contributed by atoms with Crippen molar-refractivity contribution in [3.05, 3.63) is 59.4 Å². The van der Waals surface area contributed by atoms with Crippen molar-refractivity contribution in [1.82, 2.24) is 0 Å². The maximum Gasteiger partial charge on any atom is 0.123 e. The van der Waals surface area contributed by atoms with E-state index in [9.17, 15) is 9.50 Å². The molecule has 3 nitrogen and oxygen atoms in total. The Labute approximate surface area is 142 Å². The standard InChI is InChI=1S/C20H25FN2O/c21-17-10-11-20-16(13-17)9-8-15-5-1-2-7-19(15)23(20)18(14-24)6-3-4-12-22/h1-2,5,7,10-11,13,18,24H,3-4,6,8-9,12,14,22H2/t18-/m1/s1. The number of hydrogen-bond acceptors (Lipinski definition) is 3. The van der Waals surface area contributed by atoms with Crippen LogP contribution in [0.25, 0.3) is 0 Å². The Kier molecular flexibility index (Phi) is 5.48. The lowest BCUT2D eigenvalue weighted by molar-refractivity contribution is 0.257. The van der Waals surface area contributed by atoms with Gasteiger partial charge < -0.3 is 15.7 Å². The first-order valence-electron chi connectivity index (χ1n) is 8.71. The molecule has 0 aliphatic carbocycles. The summed E-state index contributed by atoms with van der Waals surface area (Å²) in [7, 11) is 0. The molecule has 24 heavy (non-hydrogen) atoms. The number of rotatable bonds is 6. The zero-order valence-electron chi connectivity index (χ0n) is 13.9. The summed E-state index contributed by atoms with van der Waals surface area (Å²) in [5.41, 5.74) is 9.98. The minimum Gasteiger partial charge on any atom is -0.394 e. The number of hydrogen-bond donors (Lipinski definition) is 2. The SMILES string of the molecule is NCCCC[C@H](CO)N1c2ccccc2CCc2cc(F)ccc21. The Morgan fingerprint density at radius 3 is 2.58 bits per heavy atom. The van der Waals surface area contributed by atoms with Gasteiger partial charge in [-0.1, -0.05) is 24.6 Å². The number of unbranched alkanes of at least 4 members (excludes halogenated alkanes) is 1. The molecule has 0 unspecified atom stereocenters. The van der Waals surface area contributed by atoms with Crippen LogP contribution in [-0.2, 0) is 12.8 Å². The molecule has 0 saturated heterocycles. The maximum atomic E-state index is 13.7. The van der Waals surface area contributed by atoms with Gasteiger partial charge in [-0.25, -0.2) is 4.39 Å². The van der Waals surface area contributed by atoms with Crippen LogP contribution in [0.3, 0.4) is 0 Å². The van der Waals surface area contributed by atoms with Crippen LogP contribution in [0, 0.1) is 5.82 Å². The number of benzene rings is 2. The molecule has 128 valence electrons. The fraction of sp³-hybridized carbons (Fsp3) is 0.400. The van der Waals surface area contributed by atoms with E-state index in [1.807, 2.05) is 18.2 Å². The molecule has 4 heteroatoms. The third kappa shape index (κ3) is 3.45. The molecule has 2 aromatic rings. The second kappa shape index (κ2) is 7.77. The molecule has 0 bridgehead atoms. The number of aliphatic hydroxyl groups excluding tert-OH is 1. The summed E-state index contributed by atoms with van der Waals surface area (Å²) in [6.45, 7) is 0.728.